The lowest BCUT2D eigenvalue weighted by Crippen LogP contribution is -2.52. The first kappa shape index (κ1) is 17.2. The van der Waals surface area contributed by atoms with E-state index in [4.69, 9.17) is 5.73 Å². The molecule has 7 nitrogen and oxygen atoms in total. The van der Waals surface area contributed by atoms with Gasteiger partial charge in [0.05, 0.1) is 0 Å². The summed E-state index contributed by atoms with van der Waals surface area (Å²) in [4.78, 5) is 37.7. The van der Waals surface area contributed by atoms with Gasteiger partial charge in [-0.05, 0) is 36.5 Å². The molecule has 1 saturated carbocycles. The summed E-state index contributed by atoms with van der Waals surface area (Å²) < 4.78 is 0. The summed E-state index contributed by atoms with van der Waals surface area (Å²) in [6.45, 7) is 1.13. The molecule has 4 N–H and O–H groups in total. The lowest BCUT2D eigenvalue weighted by molar-refractivity contribution is -0.136. The van der Waals surface area contributed by atoms with Crippen LogP contribution >= 0.6 is 0 Å². The Morgan fingerprint density at radius 1 is 1.19 bits per heavy atom. The van der Waals surface area contributed by atoms with Gasteiger partial charge in [-0.2, -0.15) is 0 Å². The summed E-state index contributed by atoms with van der Waals surface area (Å²) in [7, 11) is 0. The number of imide groups is 1. The number of nitrogens with two attached hydrogens (primary N) is 1. The summed E-state index contributed by atoms with van der Waals surface area (Å²) >= 11 is 0. The van der Waals surface area contributed by atoms with Crippen LogP contribution in [-0.4, -0.2) is 40.7 Å². The zero-order valence-corrected chi connectivity index (χ0v) is 14.7. The third kappa shape index (κ3) is 3.12. The minimum absolute atomic E-state index is 0.133. The SMILES string of the molecule is N[C@@H]1CCC[C@H]1NCc1ccc2c(c1)CN(C1CCC(=O)NC1=O)C2=O. The molecular formula is C19H24N4O3. The number of nitrogens with one attached hydrogen (secondary N) is 2. The molecular weight excluding hydrogens is 332 g/mol. The van der Waals surface area contributed by atoms with Gasteiger partial charge in [-0.1, -0.05) is 18.6 Å². The van der Waals surface area contributed by atoms with Crippen LogP contribution in [0, 0.1) is 0 Å². The smallest absolute Gasteiger partial charge is 0.255 e. The molecule has 7 heteroatoms. The molecule has 138 valence electrons. The second-order valence-corrected chi connectivity index (χ2v) is 7.47. The quantitative estimate of drug-likeness (QED) is 0.678. The molecule has 1 unspecified atom stereocenters. The van der Waals surface area contributed by atoms with Crippen molar-refractivity contribution in [3.63, 3.8) is 0 Å². The van der Waals surface area contributed by atoms with Crippen LogP contribution in [-0.2, 0) is 22.7 Å². The second kappa shape index (κ2) is 6.81. The molecule has 0 bridgehead atoms. The van der Waals surface area contributed by atoms with E-state index >= 15 is 0 Å². The Bertz CT molecular complexity index is 763. The van der Waals surface area contributed by atoms with Crippen molar-refractivity contribution in [1.29, 1.82) is 0 Å². The standard InChI is InChI=1S/C19H24N4O3/c20-14-2-1-3-15(14)21-9-11-4-5-13-12(8-11)10-23(19(13)26)16-6-7-17(24)22-18(16)25/h4-5,8,14-16,21H,1-3,6-7,9-10,20H2,(H,22,24,25)/t14-,15-,16?/m1/s1. The van der Waals surface area contributed by atoms with Gasteiger partial charge in [0.25, 0.3) is 5.91 Å². The van der Waals surface area contributed by atoms with Crippen LogP contribution in [0.5, 0.6) is 0 Å². The Labute approximate surface area is 152 Å². The van der Waals surface area contributed by atoms with Gasteiger partial charge >= 0.3 is 0 Å². The van der Waals surface area contributed by atoms with Gasteiger partial charge in [0.2, 0.25) is 11.8 Å². The summed E-state index contributed by atoms with van der Waals surface area (Å²) in [6.07, 6.45) is 4.00. The first-order chi connectivity index (χ1) is 12.5. The molecule has 2 heterocycles. The van der Waals surface area contributed by atoms with Crippen molar-refractivity contribution in [2.45, 2.75) is 63.3 Å². The largest absolute Gasteiger partial charge is 0.326 e. The highest BCUT2D eigenvalue weighted by Crippen LogP contribution is 2.28. The molecule has 3 atom stereocenters. The maximum Gasteiger partial charge on any atom is 0.255 e. The number of carbonyl (C=O) groups is 3. The number of benzene rings is 1. The van der Waals surface area contributed by atoms with Crippen molar-refractivity contribution >= 4 is 17.7 Å². The summed E-state index contributed by atoms with van der Waals surface area (Å²) in [5.74, 6) is -0.778. The molecule has 0 radical (unpaired) electrons. The number of amides is 3. The van der Waals surface area contributed by atoms with Crippen molar-refractivity contribution in [3.8, 4) is 0 Å². The molecule has 1 saturated heterocycles. The second-order valence-electron chi connectivity index (χ2n) is 7.47. The first-order valence-corrected chi connectivity index (χ1v) is 9.28. The van der Waals surface area contributed by atoms with E-state index in [9.17, 15) is 14.4 Å². The Balaban J connectivity index is 1.44. The molecule has 2 fully saturated rings. The van der Waals surface area contributed by atoms with Crippen molar-refractivity contribution in [2.75, 3.05) is 0 Å². The lowest BCUT2D eigenvalue weighted by atomic mass is 10.0. The van der Waals surface area contributed by atoms with E-state index in [1.807, 2.05) is 18.2 Å². The summed E-state index contributed by atoms with van der Waals surface area (Å²) in [5, 5.41) is 5.84. The highest BCUT2D eigenvalue weighted by Gasteiger charge is 2.39. The molecule has 3 amide bonds. The van der Waals surface area contributed by atoms with E-state index in [0.29, 0.717) is 24.6 Å². The van der Waals surface area contributed by atoms with Crippen molar-refractivity contribution in [2.24, 2.45) is 5.73 Å². The highest BCUT2D eigenvalue weighted by molar-refractivity contribution is 6.05. The Morgan fingerprint density at radius 3 is 2.77 bits per heavy atom. The van der Waals surface area contributed by atoms with E-state index in [2.05, 4.69) is 10.6 Å². The molecule has 1 aliphatic carbocycles. The van der Waals surface area contributed by atoms with Crippen molar-refractivity contribution in [3.05, 3.63) is 34.9 Å². The maximum atomic E-state index is 12.7. The first-order valence-electron chi connectivity index (χ1n) is 9.28. The molecule has 0 spiro atoms. The van der Waals surface area contributed by atoms with Crippen molar-refractivity contribution < 1.29 is 14.4 Å². The van der Waals surface area contributed by atoms with E-state index in [1.165, 1.54) is 6.42 Å². The average molecular weight is 356 g/mol. The summed E-state index contributed by atoms with van der Waals surface area (Å²) in [5.41, 5.74) is 8.80. The van der Waals surface area contributed by atoms with Crippen LogP contribution in [0.25, 0.3) is 0 Å². The van der Waals surface area contributed by atoms with Crippen LogP contribution < -0.4 is 16.4 Å². The molecule has 2 aliphatic heterocycles. The molecule has 1 aromatic rings. The number of hydrogen-bond acceptors (Lipinski definition) is 5. The van der Waals surface area contributed by atoms with Gasteiger partial charge in [-0.3, -0.25) is 19.7 Å². The highest BCUT2D eigenvalue weighted by atomic mass is 16.2. The predicted molar refractivity (Wildman–Crippen MR) is 94.9 cm³/mol. The van der Waals surface area contributed by atoms with Gasteiger partial charge in [-0.15, -0.1) is 0 Å². The fourth-order valence-corrected chi connectivity index (χ4v) is 4.23. The monoisotopic (exact) mass is 356 g/mol. The number of nitrogens with zero attached hydrogens (tertiary/aromatic N) is 1. The fraction of sp³-hybridized carbons (Fsp3) is 0.526. The number of piperidine rings is 1. The molecule has 3 aliphatic rings. The lowest BCUT2D eigenvalue weighted by Gasteiger charge is -2.29. The Hall–Kier alpha value is -2.25. The normalized spacial score (nSPS) is 28.4. The zero-order valence-electron chi connectivity index (χ0n) is 14.7. The van der Waals surface area contributed by atoms with E-state index in [-0.39, 0.29) is 30.2 Å². The van der Waals surface area contributed by atoms with Crippen LogP contribution in [0.4, 0.5) is 0 Å². The average Bonchev–Trinajstić information content (AvgIpc) is 3.16. The van der Waals surface area contributed by atoms with Crippen LogP contribution in [0.1, 0.15) is 53.6 Å². The third-order valence-corrected chi connectivity index (χ3v) is 5.73. The van der Waals surface area contributed by atoms with Gasteiger partial charge in [0.1, 0.15) is 6.04 Å². The minimum atomic E-state index is -0.564. The van der Waals surface area contributed by atoms with E-state index in [0.717, 1.165) is 30.5 Å². The third-order valence-electron chi connectivity index (χ3n) is 5.73. The fourth-order valence-electron chi connectivity index (χ4n) is 4.23. The number of hydrogen-bond donors (Lipinski definition) is 3. The van der Waals surface area contributed by atoms with Crippen LogP contribution in [0.3, 0.4) is 0 Å². The van der Waals surface area contributed by atoms with Gasteiger partial charge in [-0.25, -0.2) is 0 Å². The Kier molecular flexibility index (Phi) is 4.50. The van der Waals surface area contributed by atoms with Gasteiger partial charge in [0.15, 0.2) is 0 Å². The topological polar surface area (TPSA) is 105 Å². The predicted octanol–water partition coefficient (Wildman–Crippen LogP) is 0.417. The molecule has 26 heavy (non-hydrogen) atoms. The maximum absolute atomic E-state index is 12.7. The molecule has 4 rings (SSSR count). The number of carbonyl (C=O) groups excluding carboxylic acids is 3. The number of rotatable bonds is 4. The van der Waals surface area contributed by atoms with E-state index in [1.54, 1.807) is 4.90 Å². The van der Waals surface area contributed by atoms with Crippen molar-refractivity contribution in [1.82, 2.24) is 15.5 Å². The van der Waals surface area contributed by atoms with Gasteiger partial charge < -0.3 is 16.0 Å². The van der Waals surface area contributed by atoms with E-state index < -0.39 is 6.04 Å². The summed E-state index contributed by atoms with van der Waals surface area (Å²) in [6, 6.07) is 5.84. The Morgan fingerprint density at radius 2 is 2.04 bits per heavy atom. The minimum Gasteiger partial charge on any atom is -0.326 e. The zero-order chi connectivity index (χ0) is 18.3. The molecule has 1 aromatic carbocycles. The molecule has 0 aromatic heterocycles. The van der Waals surface area contributed by atoms with Crippen LogP contribution in [0.15, 0.2) is 18.2 Å². The number of fused-ring (bicyclic) bond motifs is 1. The van der Waals surface area contributed by atoms with Gasteiger partial charge in [0, 0.05) is 37.2 Å². The van der Waals surface area contributed by atoms with Crippen LogP contribution in [0.2, 0.25) is 0 Å².